The van der Waals surface area contributed by atoms with Crippen LogP contribution in [0.5, 0.6) is 0 Å². The van der Waals surface area contributed by atoms with Crippen molar-refractivity contribution in [2.45, 2.75) is 90.8 Å². The normalized spacial score (nSPS) is 33.3. The Bertz CT molecular complexity index is 966. The first-order valence-corrected chi connectivity index (χ1v) is 14.0. The number of likely N-dealkylation sites (tertiary alicyclic amines) is 1. The van der Waals surface area contributed by atoms with E-state index in [4.69, 9.17) is 17.3 Å². The number of carbonyl (C=O) groups excluding carboxylic acids is 2. The van der Waals surface area contributed by atoms with Gasteiger partial charge in [0.15, 0.2) is 0 Å². The van der Waals surface area contributed by atoms with Crippen molar-refractivity contribution in [2.75, 3.05) is 13.1 Å². The van der Waals surface area contributed by atoms with E-state index in [0.717, 1.165) is 18.4 Å². The van der Waals surface area contributed by atoms with Crippen LogP contribution in [-0.4, -0.2) is 47.0 Å². The number of aliphatic hydroxyl groups is 1. The van der Waals surface area contributed by atoms with Gasteiger partial charge >= 0.3 is 0 Å². The molecule has 2 unspecified atom stereocenters. The minimum atomic E-state index is -1.08. The van der Waals surface area contributed by atoms with Crippen LogP contribution >= 0.6 is 11.6 Å². The molecule has 2 amide bonds. The number of fused-ring (bicyclic) bond motifs is 2. The van der Waals surface area contributed by atoms with Crippen molar-refractivity contribution in [2.24, 2.45) is 34.3 Å². The van der Waals surface area contributed by atoms with E-state index in [1.165, 1.54) is 19.3 Å². The fourth-order valence-corrected chi connectivity index (χ4v) is 7.37. The molecule has 1 heterocycles. The predicted octanol–water partition coefficient (Wildman–Crippen LogP) is 4.47. The monoisotopic (exact) mass is 517 g/mol. The quantitative estimate of drug-likeness (QED) is 0.518. The maximum Gasteiger partial charge on any atom is 0.245 e. The van der Waals surface area contributed by atoms with Crippen LogP contribution in [0, 0.1) is 28.6 Å². The van der Waals surface area contributed by atoms with E-state index in [1.54, 1.807) is 17.0 Å². The maximum atomic E-state index is 13.7. The lowest BCUT2D eigenvalue weighted by molar-refractivity contribution is -0.157. The molecule has 2 saturated carbocycles. The lowest BCUT2D eigenvalue weighted by Gasteiger charge is -2.51. The summed E-state index contributed by atoms with van der Waals surface area (Å²) >= 11 is 6.06. The van der Waals surface area contributed by atoms with Gasteiger partial charge in [0.1, 0.15) is 6.04 Å². The predicted molar refractivity (Wildman–Crippen MR) is 143 cm³/mol. The number of amides is 2. The van der Waals surface area contributed by atoms with Crippen LogP contribution < -0.4 is 11.1 Å². The number of benzene rings is 1. The Balaban J connectivity index is 1.45. The number of hydrogen-bond donors (Lipinski definition) is 3. The van der Waals surface area contributed by atoms with Crippen LogP contribution in [0.15, 0.2) is 24.3 Å². The molecule has 4 N–H and O–H groups in total. The molecule has 1 aliphatic heterocycles. The van der Waals surface area contributed by atoms with Gasteiger partial charge in [0, 0.05) is 23.5 Å². The van der Waals surface area contributed by atoms with Crippen molar-refractivity contribution in [3.63, 3.8) is 0 Å². The highest BCUT2D eigenvalue weighted by atomic mass is 35.5. The van der Waals surface area contributed by atoms with Crippen LogP contribution in [0.25, 0.3) is 0 Å². The van der Waals surface area contributed by atoms with Gasteiger partial charge in [-0.25, -0.2) is 0 Å². The Morgan fingerprint density at radius 1 is 1.11 bits per heavy atom. The molecule has 2 aliphatic carbocycles. The summed E-state index contributed by atoms with van der Waals surface area (Å²) in [6.07, 6.45) is 6.14. The van der Waals surface area contributed by atoms with Gasteiger partial charge in [-0.05, 0) is 66.5 Å². The molecule has 1 saturated heterocycles. The topological polar surface area (TPSA) is 95.7 Å². The summed E-state index contributed by atoms with van der Waals surface area (Å²) < 4.78 is 0. The number of carbonyl (C=O) groups is 2. The van der Waals surface area contributed by atoms with Crippen molar-refractivity contribution < 1.29 is 14.7 Å². The molecule has 1 aromatic carbocycles. The van der Waals surface area contributed by atoms with Crippen LogP contribution in [0.2, 0.25) is 5.02 Å². The molecular weight excluding hydrogens is 474 g/mol. The van der Waals surface area contributed by atoms with Gasteiger partial charge in [-0.15, -0.1) is 0 Å². The van der Waals surface area contributed by atoms with E-state index < -0.39 is 23.1 Å². The van der Waals surface area contributed by atoms with Crippen LogP contribution in [0.1, 0.15) is 78.7 Å². The van der Waals surface area contributed by atoms with Gasteiger partial charge in [0.05, 0.1) is 11.6 Å². The van der Waals surface area contributed by atoms with Gasteiger partial charge in [-0.2, -0.15) is 0 Å². The summed E-state index contributed by atoms with van der Waals surface area (Å²) in [5.41, 5.74) is 5.49. The molecular formula is C29H44ClN3O3. The number of nitrogens with zero attached hydrogens (tertiary/aromatic N) is 1. The van der Waals surface area contributed by atoms with E-state index in [2.05, 4.69) is 12.2 Å². The molecule has 3 fully saturated rings. The highest BCUT2D eigenvalue weighted by Crippen LogP contribution is 2.51. The van der Waals surface area contributed by atoms with Gasteiger partial charge in [0.25, 0.3) is 0 Å². The molecule has 0 aromatic heterocycles. The zero-order valence-electron chi connectivity index (χ0n) is 22.5. The van der Waals surface area contributed by atoms with Gasteiger partial charge in [0.2, 0.25) is 11.8 Å². The third-order valence-electron chi connectivity index (χ3n) is 9.51. The molecule has 3 aliphatic rings. The summed E-state index contributed by atoms with van der Waals surface area (Å²) in [5, 5.41) is 15.3. The minimum absolute atomic E-state index is 0.0795. The summed E-state index contributed by atoms with van der Waals surface area (Å²) in [5.74, 6) is 0.935. The zero-order valence-corrected chi connectivity index (χ0v) is 23.3. The Labute approximate surface area is 221 Å². The van der Waals surface area contributed by atoms with Crippen molar-refractivity contribution in [3.05, 3.63) is 34.9 Å². The molecule has 6 nitrogen and oxygen atoms in total. The summed E-state index contributed by atoms with van der Waals surface area (Å²) in [6.45, 7) is 10.8. The second-order valence-electron chi connectivity index (χ2n) is 13.1. The SMILES string of the molecule is CC(C)[C@@H](NC(=O)[C@@H](N)C1(C)CC2CCC(C2)C1)C(=O)N1CC[C@](O)(c2ccc(Cl)cc2)C(C)(C)C1. The van der Waals surface area contributed by atoms with E-state index in [1.807, 2.05) is 39.8 Å². The average molecular weight is 518 g/mol. The summed E-state index contributed by atoms with van der Waals surface area (Å²) in [4.78, 5) is 28.9. The molecule has 1 aromatic rings. The Morgan fingerprint density at radius 3 is 2.22 bits per heavy atom. The number of halogens is 1. The van der Waals surface area contributed by atoms with Crippen molar-refractivity contribution in [1.82, 2.24) is 10.2 Å². The van der Waals surface area contributed by atoms with E-state index in [0.29, 0.717) is 36.4 Å². The number of nitrogens with two attached hydrogens (primary N) is 1. The summed E-state index contributed by atoms with van der Waals surface area (Å²) in [6, 6.07) is 6.02. The molecule has 0 spiro atoms. The van der Waals surface area contributed by atoms with E-state index in [-0.39, 0.29) is 23.1 Å². The van der Waals surface area contributed by atoms with Gasteiger partial charge < -0.3 is 21.1 Å². The van der Waals surface area contributed by atoms with Crippen LogP contribution in [0.4, 0.5) is 0 Å². The van der Waals surface area contributed by atoms with Crippen LogP contribution in [0.3, 0.4) is 0 Å². The fraction of sp³-hybridized carbons (Fsp3) is 0.724. The first-order chi connectivity index (χ1) is 16.8. The lowest BCUT2D eigenvalue weighted by Crippen LogP contribution is -2.62. The van der Waals surface area contributed by atoms with Crippen LogP contribution in [-0.2, 0) is 15.2 Å². The average Bonchev–Trinajstić information content (AvgIpc) is 3.16. The molecule has 36 heavy (non-hydrogen) atoms. The minimum Gasteiger partial charge on any atom is -0.384 e. The second-order valence-corrected chi connectivity index (χ2v) is 13.5. The number of nitrogens with one attached hydrogen (secondary N) is 1. The molecule has 2 bridgehead atoms. The molecule has 200 valence electrons. The number of hydrogen-bond acceptors (Lipinski definition) is 4. The first kappa shape index (κ1) is 27.4. The third-order valence-corrected chi connectivity index (χ3v) is 9.76. The zero-order chi connectivity index (χ0) is 26.5. The van der Waals surface area contributed by atoms with Crippen molar-refractivity contribution >= 4 is 23.4 Å². The van der Waals surface area contributed by atoms with Crippen molar-refractivity contribution in [1.29, 1.82) is 0 Å². The Hall–Kier alpha value is -1.63. The first-order valence-electron chi connectivity index (χ1n) is 13.6. The van der Waals surface area contributed by atoms with Gasteiger partial charge in [-0.1, -0.05) is 71.2 Å². The maximum absolute atomic E-state index is 13.7. The molecule has 4 rings (SSSR count). The number of rotatable bonds is 6. The number of piperidine rings is 1. The lowest BCUT2D eigenvalue weighted by atomic mass is 9.66. The largest absolute Gasteiger partial charge is 0.384 e. The van der Waals surface area contributed by atoms with Crippen molar-refractivity contribution in [3.8, 4) is 0 Å². The smallest absolute Gasteiger partial charge is 0.245 e. The van der Waals surface area contributed by atoms with E-state index >= 15 is 0 Å². The molecule has 7 heteroatoms. The second kappa shape index (κ2) is 9.92. The summed E-state index contributed by atoms with van der Waals surface area (Å²) in [7, 11) is 0. The highest BCUT2D eigenvalue weighted by molar-refractivity contribution is 6.30. The third kappa shape index (κ3) is 5.06. The Morgan fingerprint density at radius 2 is 1.69 bits per heavy atom. The van der Waals surface area contributed by atoms with Gasteiger partial charge in [-0.3, -0.25) is 9.59 Å². The Kier molecular flexibility index (Phi) is 7.55. The molecule has 5 atom stereocenters. The fourth-order valence-electron chi connectivity index (χ4n) is 7.25. The highest BCUT2D eigenvalue weighted by Gasteiger charge is 2.51. The standard InChI is InChI=1S/C29H44ClN3O3/c1-18(2)23(32-25(34)24(31)28(5)15-19-6-7-20(14-19)16-28)26(35)33-13-12-29(36,27(3,4)17-33)21-8-10-22(30)11-9-21/h8-11,18-20,23-24,36H,6-7,12-17,31H2,1-5H3,(H,32,34)/t19?,20?,23-,24-,28?,29+/m1/s1. The van der Waals surface area contributed by atoms with E-state index in [9.17, 15) is 14.7 Å². The molecule has 0 radical (unpaired) electrons.